The van der Waals surface area contributed by atoms with Gasteiger partial charge in [0.2, 0.25) is 0 Å². The zero-order chi connectivity index (χ0) is 16.3. The van der Waals surface area contributed by atoms with Crippen LogP contribution in [0.5, 0.6) is 0 Å². The standard InChI is InChI=1S/C19H23O2P/c1-5-22(21,17-9-7-6-8-10-17)13-18(20)19-15(3)11-14(2)12-16(19)4/h6-12H,5,13H2,1-4H3. The Morgan fingerprint density at radius 2 is 1.55 bits per heavy atom. The van der Waals surface area contributed by atoms with E-state index in [0.717, 1.165) is 27.6 Å². The van der Waals surface area contributed by atoms with E-state index < -0.39 is 7.14 Å². The zero-order valence-corrected chi connectivity index (χ0v) is 14.6. The summed E-state index contributed by atoms with van der Waals surface area (Å²) >= 11 is 0. The second kappa shape index (κ2) is 6.62. The first-order valence-corrected chi connectivity index (χ1v) is 9.70. The van der Waals surface area contributed by atoms with Crippen molar-refractivity contribution in [2.24, 2.45) is 0 Å². The number of ketones is 1. The third kappa shape index (κ3) is 3.39. The SMILES string of the molecule is CCP(=O)(CC(=O)c1c(C)cc(C)cc1C)c1ccccc1. The van der Waals surface area contributed by atoms with Gasteiger partial charge in [0.05, 0.1) is 6.16 Å². The highest BCUT2D eigenvalue weighted by atomic mass is 31.2. The second-order valence-electron chi connectivity index (χ2n) is 5.90. The number of carbonyl (C=O) groups excluding carboxylic acids is 1. The highest BCUT2D eigenvalue weighted by Gasteiger charge is 2.27. The molecule has 1 unspecified atom stereocenters. The molecule has 0 radical (unpaired) electrons. The molecule has 0 N–H and O–H groups in total. The number of rotatable bonds is 5. The molecule has 0 fully saturated rings. The summed E-state index contributed by atoms with van der Waals surface area (Å²) in [5.41, 5.74) is 3.82. The Kier molecular flexibility index (Phi) is 5.03. The van der Waals surface area contributed by atoms with Crippen LogP contribution in [0.15, 0.2) is 42.5 Å². The van der Waals surface area contributed by atoms with Gasteiger partial charge in [-0.25, -0.2) is 0 Å². The Bertz CT molecular complexity index is 709. The largest absolute Gasteiger partial charge is 0.318 e. The monoisotopic (exact) mass is 314 g/mol. The predicted molar refractivity (Wildman–Crippen MR) is 94.1 cm³/mol. The molecule has 2 nitrogen and oxygen atoms in total. The van der Waals surface area contributed by atoms with Crippen LogP contribution in [0.25, 0.3) is 0 Å². The van der Waals surface area contributed by atoms with Crippen molar-refractivity contribution in [2.45, 2.75) is 27.7 Å². The molecule has 0 amide bonds. The van der Waals surface area contributed by atoms with Crippen molar-refractivity contribution in [3.63, 3.8) is 0 Å². The number of hydrogen-bond donors (Lipinski definition) is 0. The fourth-order valence-electron chi connectivity index (χ4n) is 3.02. The van der Waals surface area contributed by atoms with Crippen LogP contribution in [0.2, 0.25) is 0 Å². The minimum Gasteiger partial charge on any atom is -0.318 e. The molecular weight excluding hydrogens is 291 g/mol. The molecule has 22 heavy (non-hydrogen) atoms. The van der Waals surface area contributed by atoms with Crippen molar-refractivity contribution in [2.75, 3.05) is 12.3 Å². The molecule has 0 aliphatic rings. The molecule has 0 aromatic heterocycles. The van der Waals surface area contributed by atoms with Crippen LogP contribution in [0.3, 0.4) is 0 Å². The van der Waals surface area contributed by atoms with Gasteiger partial charge in [0.25, 0.3) is 0 Å². The molecule has 0 aliphatic heterocycles. The lowest BCUT2D eigenvalue weighted by atomic mass is 9.97. The minimum atomic E-state index is -2.68. The topological polar surface area (TPSA) is 34.1 Å². The predicted octanol–water partition coefficient (Wildman–Crippen LogP) is 4.50. The molecule has 0 saturated heterocycles. The van der Waals surface area contributed by atoms with Crippen molar-refractivity contribution >= 4 is 18.2 Å². The molecular formula is C19H23O2P. The number of carbonyl (C=O) groups is 1. The van der Waals surface area contributed by atoms with Gasteiger partial charge >= 0.3 is 0 Å². The maximum atomic E-state index is 13.2. The molecule has 0 saturated carbocycles. The van der Waals surface area contributed by atoms with Crippen LogP contribution in [0.4, 0.5) is 0 Å². The number of Topliss-reactive ketones (excluding diaryl/α,β-unsaturated/α-hetero) is 1. The van der Waals surface area contributed by atoms with Gasteiger partial charge in [0.15, 0.2) is 5.78 Å². The minimum absolute atomic E-state index is 0.0102. The van der Waals surface area contributed by atoms with E-state index >= 15 is 0 Å². The van der Waals surface area contributed by atoms with Crippen LogP contribution in [-0.4, -0.2) is 18.1 Å². The summed E-state index contributed by atoms with van der Waals surface area (Å²) in [7, 11) is -2.68. The van der Waals surface area contributed by atoms with Gasteiger partial charge in [-0.15, -0.1) is 0 Å². The molecule has 1 atom stereocenters. The maximum Gasteiger partial charge on any atom is 0.171 e. The summed E-state index contributed by atoms with van der Waals surface area (Å²) in [5.74, 6) is -0.0102. The van der Waals surface area contributed by atoms with Crippen LogP contribution in [-0.2, 0) is 4.57 Å². The van der Waals surface area contributed by atoms with Crippen molar-refractivity contribution in [3.05, 3.63) is 64.7 Å². The maximum absolute atomic E-state index is 13.2. The normalized spacial score (nSPS) is 13.6. The van der Waals surface area contributed by atoms with E-state index in [2.05, 4.69) is 0 Å². The van der Waals surface area contributed by atoms with Gasteiger partial charge in [0, 0.05) is 17.0 Å². The van der Waals surface area contributed by atoms with E-state index in [9.17, 15) is 9.36 Å². The summed E-state index contributed by atoms with van der Waals surface area (Å²) in [6.45, 7) is 7.82. The highest BCUT2D eigenvalue weighted by molar-refractivity contribution is 7.72. The lowest BCUT2D eigenvalue weighted by Gasteiger charge is -2.18. The van der Waals surface area contributed by atoms with E-state index in [1.54, 1.807) is 0 Å². The number of hydrogen-bond acceptors (Lipinski definition) is 2. The molecule has 0 heterocycles. The first-order chi connectivity index (χ1) is 10.4. The molecule has 0 aliphatic carbocycles. The number of benzene rings is 2. The Morgan fingerprint density at radius 1 is 1.00 bits per heavy atom. The average Bonchev–Trinajstić information content (AvgIpc) is 2.46. The Balaban J connectivity index is 2.37. The first-order valence-electron chi connectivity index (χ1n) is 7.62. The summed E-state index contributed by atoms with van der Waals surface area (Å²) in [4.78, 5) is 12.8. The fraction of sp³-hybridized carbons (Fsp3) is 0.316. The molecule has 2 aromatic rings. The fourth-order valence-corrected chi connectivity index (χ4v) is 5.13. The Hall–Kier alpha value is -1.66. The smallest absolute Gasteiger partial charge is 0.171 e. The van der Waals surface area contributed by atoms with Gasteiger partial charge in [0.1, 0.15) is 7.14 Å². The molecule has 116 valence electrons. The Labute approximate surface area is 132 Å². The van der Waals surface area contributed by atoms with Crippen LogP contribution >= 0.6 is 7.14 Å². The zero-order valence-electron chi connectivity index (χ0n) is 13.7. The van der Waals surface area contributed by atoms with Gasteiger partial charge in [-0.05, 0) is 31.9 Å². The first kappa shape index (κ1) is 16.7. The average molecular weight is 314 g/mol. The molecule has 3 heteroatoms. The van der Waals surface area contributed by atoms with E-state index in [1.807, 2.05) is 70.2 Å². The van der Waals surface area contributed by atoms with Crippen molar-refractivity contribution in [1.29, 1.82) is 0 Å². The van der Waals surface area contributed by atoms with Crippen molar-refractivity contribution in [1.82, 2.24) is 0 Å². The molecule has 2 rings (SSSR count). The molecule has 0 bridgehead atoms. The quantitative estimate of drug-likeness (QED) is 0.601. The molecule has 0 spiro atoms. The number of aryl methyl sites for hydroxylation is 3. The van der Waals surface area contributed by atoms with Gasteiger partial charge in [-0.2, -0.15) is 0 Å². The summed E-state index contributed by atoms with van der Waals surface area (Å²) < 4.78 is 13.2. The van der Waals surface area contributed by atoms with E-state index in [4.69, 9.17) is 0 Å². The molecule has 2 aromatic carbocycles. The Morgan fingerprint density at radius 3 is 2.05 bits per heavy atom. The van der Waals surface area contributed by atoms with Crippen LogP contribution in [0, 0.1) is 20.8 Å². The van der Waals surface area contributed by atoms with E-state index in [1.165, 1.54) is 0 Å². The van der Waals surface area contributed by atoms with Crippen molar-refractivity contribution in [3.8, 4) is 0 Å². The van der Waals surface area contributed by atoms with Crippen molar-refractivity contribution < 1.29 is 9.36 Å². The second-order valence-corrected chi connectivity index (χ2v) is 9.14. The van der Waals surface area contributed by atoms with Crippen LogP contribution < -0.4 is 5.30 Å². The van der Waals surface area contributed by atoms with Gasteiger partial charge in [-0.3, -0.25) is 4.79 Å². The summed E-state index contributed by atoms with van der Waals surface area (Å²) in [5, 5.41) is 0.799. The summed E-state index contributed by atoms with van der Waals surface area (Å²) in [6.07, 6.45) is 0.616. The lowest BCUT2D eigenvalue weighted by molar-refractivity contribution is 0.101. The summed E-state index contributed by atoms with van der Waals surface area (Å²) in [6, 6.07) is 13.4. The highest BCUT2D eigenvalue weighted by Crippen LogP contribution is 2.44. The van der Waals surface area contributed by atoms with E-state index in [-0.39, 0.29) is 11.9 Å². The lowest BCUT2D eigenvalue weighted by Crippen LogP contribution is -2.17. The van der Waals surface area contributed by atoms with Gasteiger partial charge < -0.3 is 4.57 Å². The third-order valence-corrected chi connectivity index (χ3v) is 7.15. The third-order valence-electron chi connectivity index (χ3n) is 4.09. The van der Waals surface area contributed by atoms with Crippen LogP contribution in [0.1, 0.15) is 34.0 Å². The van der Waals surface area contributed by atoms with Gasteiger partial charge in [-0.1, -0.05) is 55.0 Å². The van der Waals surface area contributed by atoms with E-state index in [0.29, 0.717) is 6.16 Å².